The van der Waals surface area contributed by atoms with Gasteiger partial charge in [0, 0.05) is 0 Å². The molecule has 0 atom stereocenters. The van der Waals surface area contributed by atoms with Crippen LogP contribution in [-0.4, -0.2) is 0 Å². The Balaban J connectivity index is 1.45. The van der Waals surface area contributed by atoms with Crippen molar-refractivity contribution in [3.8, 4) is 0 Å². The molecule has 24 heavy (non-hydrogen) atoms. The molecule has 0 amide bonds. The molecule has 0 aromatic heterocycles. The van der Waals surface area contributed by atoms with E-state index in [4.69, 9.17) is 0 Å². The number of rotatable bonds is 11. The number of hydrogen-bond donors (Lipinski definition) is 0. The van der Waals surface area contributed by atoms with Crippen molar-refractivity contribution in [3.05, 3.63) is 12.7 Å². The van der Waals surface area contributed by atoms with E-state index in [-0.39, 0.29) is 0 Å². The van der Waals surface area contributed by atoms with E-state index in [0.29, 0.717) is 0 Å². The zero-order chi connectivity index (χ0) is 17.0. The molecule has 0 saturated heterocycles. The summed E-state index contributed by atoms with van der Waals surface area (Å²) in [7, 11) is 0. The van der Waals surface area contributed by atoms with Gasteiger partial charge in [0.15, 0.2) is 0 Å². The normalized spacial score (nSPS) is 31.0. The summed E-state index contributed by atoms with van der Waals surface area (Å²) in [6.45, 7) is 6.20. The van der Waals surface area contributed by atoms with Crippen molar-refractivity contribution in [1.29, 1.82) is 0 Å². The first-order valence-corrected chi connectivity index (χ1v) is 11.4. The Kier molecular flexibility index (Phi) is 10.2. The molecule has 140 valence electrons. The van der Waals surface area contributed by atoms with Crippen molar-refractivity contribution in [2.24, 2.45) is 23.7 Å². The SMILES string of the molecule is C=CCCC1CCC(CCCCC2CCC(CCCC)CC2)CC1. The van der Waals surface area contributed by atoms with Gasteiger partial charge in [-0.3, -0.25) is 0 Å². The van der Waals surface area contributed by atoms with Crippen LogP contribution in [0.5, 0.6) is 0 Å². The van der Waals surface area contributed by atoms with Gasteiger partial charge in [-0.25, -0.2) is 0 Å². The predicted molar refractivity (Wildman–Crippen MR) is 108 cm³/mol. The van der Waals surface area contributed by atoms with Gasteiger partial charge in [-0.2, -0.15) is 0 Å². The third-order valence-electron chi connectivity index (χ3n) is 7.15. The van der Waals surface area contributed by atoms with E-state index >= 15 is 0 Å². The molecule has 2 rings (SSSR count). The lowest BCUT2D eigenvalue weighted by Gasteiger charge is -2.29. The molecule has 2 aliphatic carbocycles. The van der Waals surface area contributed by atoms with Gasteiger partial charge in [0.05, 0.1) is 0 Å². The summed E-state index contributed by atoms with van der Waals surface area (Å²) in [5, 5.41) is 0. The summed E-state index contributed by atoms with van der Waals surface area (Å²) >= 11 is 0. The molecular formula is C24H44. The molecule has 0 nitrogen and oxygen atoms in total. The van der Waals surface area contributed by atoms with Crippen molar-refractivity contribution < 1.29 is 0 Å². The maximum absolute atomic E-state index is 3.87. The summed E-state index contributed by atoms with van der Waals surface area (Å²) in [4.78, 5) is 0. The van der Waals surface area contributed by atoms with Crippen LogP contribution in [0.2, 0.25) is 0 Å². The van der Waals surface area contributed by atoms with Crippen LogP contribution in [0.15, 0.2) is 12.7 Å². The first kappa shape index (κ1) is 20.1. The van der Waals surface area contributed by atoms with Gasteiger partial charge in [0.1, 0.15) is 0 Å². The van der Waals surface area contributed by atoms with Gasteiger partial charge in [0.2, 0.25) is 0 Å². The topological polar surface area (TPSA) is 0 Å². The zero-order valence-electron chi connectivity index (χ0n) is 16.6. The molecule has 0 spiro atoms. The van der Waals surface area contributed by atoms with Gasteiger partial charge < -0.3 is 0 Å². The first-order chi connectivity index (χ1) is 11.8. The van der Waals surface area contributed by atoms with Crippen molar-refractivity contribution in [1.82, 2.24) is 0 Å². The Bertz CT molecular complexity index is 302. The van der Waals surface area contributed by atoms with Gasteiger partial charge >= 0.3 is 0 Å². The lowest BCUT2D eigenvalue weighted by molar-refractivity contribution is 0.233. The summed E-state index contributed by atoms with van der Waals surface area (Å²) in [5.74, 6) is 4.24. The van der Waals surface area contributed by atoms with Crippen molar-refractivity contribution in [3.63, 3.8) is 0 Å². The molecule has 0 bridgehead atoms. The minimum atomic E-state index is 1.02. The maximum atomic E-state index is 3.87. The highest BCUT2D eigenvalue weighted by molar-refractivity contribution is 4.77. The van der Waals surface area contributed by atoms with Crippen molar-refractivity contribution in [2.45, 2.75) is 116 Å². The third-order valence-corrected chi connectivity index (χ3v) is 7.15. The molecule has 0 heteroatoms. The number of hydrogen-bond acceptors (Lipinski definition) is 0. The fourth-order valence-corrected chi connectivity index (χ4v) is 5.33. The smallest absolute Gasteiger partial charge is 0.0351 e. The van der Waals surface area contributed by atoms with Gasteiger partial charge in [0.25, 0.3) is 0 Å². The average molecular weight is 333 g/mol. The fraction of sp³-hybridized carbons (Fsp3) is 0.917. The predicted octanol–water partition coefficient (Wildman–Crippen LogP) is 8.32. The Hall–Kier alpha value is -0.260. The van der Waals surface area contributed by atoms with Crippen LogP contribution in [-0.2, 0) is 0 Å². The molecule has 0 heterocycles. The Morgan fingerprint density at radius 1 is 0.625 bits per heavy atom. The van der Waals surface area contributed by atoms with E-state index in [1.807, 2.05) is 0 Å². The van der Waals surface area contributed by atoms with Gasteiger partial charge in [-0.05, 0) is 36.5 Å². The molecule has 0 unspecified atom stereocenters. The highest BCUT2D eigenvalue weighted by Gasteiger charge is 2.22. The first-order valence-electron chi connectivity index (χ1n) is 11.4. The van der Waals surface area contributed by atoms with Crippen LogP contribution in [0.3, 0.4) is 0 Å². The number of allylic oxidation sites excluding steroid dienone is 1. The van der Waals surface area contributed by atoms with E-state index in [1.54, 1.807) is 25.7 Å². The highest BCUT2D eigenvalue weighted by atomic mass is 14.3. The van der Waals surface area contributed by atoms with Crippen molar-refractivity contribution >= 4 is 0 Å². The summed E-state index contributed by atoms with van der Waals surface area (Å²) in [5.41, 5.74) is 0. The van der Waals surface area contributed by atoms with Crippen molar-refractivity contribution in [2.75, 3.05) is 0 Å². The monoisotopic (exact) mass is 332 g/mol. The molecule has 0 aromatic carbocycles. The van der Waals surface area contributed by atoms with E-state index in [9.17, 15) is 0 Å². The summed E-state index contributed by atoms with van der Waals surface area (Å²) < 4.78 is 0. The largest absolute Gasteiger partial charge is 0.103 e. The second-order valence-electron chi connectivity index (χ2n) is 9.07. The van der Waals surface area contributed by atoms with Crippen LogP contribution in [0.4, 0.5) is 0 Å². The van der Waals surface area contributed by atoms with E-state index in [0.717, 1.165) is 23.7 Å². The minimum Gasteiger partial charge on any atom is -0.103 e. The van der Waals surface area contributed by atoms with E-state index < -0.39 is 0 Å². The van der Waals surface area contributed by atoms with Gasteiger partial charge in [-0.15, -0.1) is 6.58 Å². The molecule has 2 aliphatic rings. The van der Waals surface area contributed by atoms with Crippen LogP contribution >= 0.6 is 0 Å². The highest BCUT2D eigenvalue weighted by Crippen LogP contribution is 2.36. The Morgan fingerprint density at radius 2 is 1.00 bits per heavy atom. The van der Waals surface area contributed by atoms with Crippen LogP contribution in [0.25, 0.3) is 0 Å². The molecular weight excluding hydrogens is 288 g/mol. The zero-order valence-corrected chi connectivity index (χ0v) is 16.6. The fourth-order valence-electron chi connectivity index (χ4n) is 5.33. The van der Waals surface area contributed by atoms with E-state index in [1.165, 1.54) is 83.5 Å². The summed E-state index contributed by atoms with van der Waals surface area (Å²) in [6, 6.07) is 0. The molecule has 2 saturated carbocycles. The second kappa shape index (κ2) is 12.2. The van der Waals surface area contributed by atoms with Crippen LogP contribution < -0.4 is 0 Å². The molecule has 2 fully saturated rings. The lowest BCUT2D eigenvalue weighted by Crippen LogP contribution is -2.15. The van der Waals surface area contributed by atoms with Crippen LogP contribution in [0, 0.1) is 23.7 Å². The average Bonchev–Trinajstić information content (AvgIpc) is 2.64. The van der Waals surface area contributed by atoms with E-state index in [2.05, 4.69) is 19.6 Å². The maximum Gasteiger partial charge on any atom is -0.0351 e. The Labute approximate surface area is 152 Å². The molecule has 0 aromatic rings. The Morgan fingerprint density at radius 3 is 1.38 bits per heavy atom. The summed E-state index contributed by atoms with van der Waals surface area (Å²) in [6.07, 6.45) is 27.4. The lowest BCUT2D eigenvalue weighted by atomic mass is 9.76. The molecule has 0 aliphatic heterocycles. The quantitative estimate of drug-likeness (QED) is 0.263. The van der Waals surface area contributed by atoms with Gasteiger partial charge in [-0.1, -0.05) is 109 Å². The standard InChI is InChI=1S/C24H44/c1-3-5-9-21-13-17-23(18-14-21)11-7-8-12-24-19-15-22(16-20-24)10-6-4-2/h3,21-24H,1,4-20H2,2H3. The molecule has 0 radical (unpaired) electrons. The number of unbranched alkanes of at least 4 members (excludes halogenated alkanes) is 2. The minimum absolute atomic E-state index is 1.02. The third kappa shape index (κ3) is 7.75. The molecule has 0 N–H and O–H groups in total. The van der Waals surface area contributed by atoms with Crippen LogP contribution in [0.1, 0.15) is 116 Å². The second-order valence-corrected chi connectivity index (χ2v) is 9.07.